The monoisotopic (exact) mass is 474 g/mol. The molecule has 0 saturated carbocycles. The zero-order valence-corrected chi connectivity index (χ0v) is 20.1. The van der Waals surface area contributed by atoms with Crippen molar-refractivity contribution in [2.75, 3.05) is 27.4 Å². The summed E-state index contributed by atoms with van der Waals surface area (Å²) in [4.78, 5) is 19.8. The van der Waals surface area contributed by atoms with Gasteiger partial charge in [0.15, 0.2) is 11.5 Å². The number of para-hydroxylation sites is 2. The van der Waals surface area contributed by atoms with Crippen LogP contribution in [0.1, 0.15) is 17.5 Å². The van der Waals surface area contributed by atoms with Crippen LogP contribution in [0.15, 0.2) is 60.7 Å². The maximum absolute atomic E-state index is 13.1. The van der Waals surface area contributed by atoms with Crippen molar-refractivity contribution in [3.63, 3.8) is 0 Å². The van der Waals surface area contributed by atoms with Crippen LogP contribution in [0, 0.1) is 0 Å². The van der Waals surface area contributed by atoms with Crippen molar-refractivity contribution in [1.29, 1.82) is 0 Å². The lowest BCUT2D eigenvalue weighted by Gasteiger charge is -2.20. The van der Waals surface area contributed by atoms with Gasteiger partial charge in [-0.15, -0.1) is 11.3 Å². The quantitative estimate of drug-likeness (QED) is 0.378. The standard InChI is InChI=1S/C27H26N2O4S/c1-31-22-9-5-3-7-18(22)11-12-25(30)29-13-14-33-26-20(17-29)15-19(16-23(26)32-2)27-28-21-8-4-6-10-24(21)34-27/h3-10,15-16H,11-14,17H2,1-2H3. The van der Waals surface area contributed by atoms with Gasteiger partial charge in [0.2, 0.25) is 5.91 Å². The molecular formula is C27H26N2O4S. The molecule has 4 aromatic rings. The highest BCUT2D eigenvalue weighted by Crippen LogP contribution is 2.40. The predicted octanol–water partition coefficient (Wildman–Crippen LogP) is 5.33. The molecule has 34 heavy (non-hydrogen) atoms. The Morgan fingerprint density at radius 3 is 2.68 bits per heavy atom. The first-order chi connectivity index (χ1) is 16.7. The van der Waals surface area contributed by atoms with Crippen molar-refractivity contribution >= 4 is 27.5 Å². The number of rotatable bonds is 6. The number of carbonyl (C=O) groups is 1. The second kappa shape index (κ2) is 9.73. The molecule has 5 rings (SSSR count). The van der Waals surface area contributed by atoms with Crippen LogP contribution in [0.3, 0.4) is 0 Å². The maximum Gasteiger partial charge on any atom is 0.223 e. The average Bonchev–Trinajstić information content (AvgIpc) is 3.19. The third-order valence-corrected chi connectivity index (χ3v) is 7.10. The summed E-state index contributed by atoms with van der Waals surface area (Å²) in [5, 5.41) is 0.917. The van der Waals surface area contributed by atoms with Crippen LogP contribution in [-0.2, 0) is 17.8 Å². The molecule has 1 aromatic heterocycles. The molecule has 1 amide bonds. The first-order valence-corrected chi connectivity index (χ1v) is 12.1. The lowest BCUT2D eigenvalue weighted by atomic mass is 10.1. The molecule has 7 heteroatoms. The number of hydrogen-bond donors (Lipinski definition) is 0. The van der Waals surface area contributed by atoms with E-state index in [0.29, 0.717) is 44.0 Å². The number of amides is 1. The van der Waals surface area contributed by atoms with Crippen LogP contribution in [-0.4, -0.2) is 43.2 Å². The SMILES string of the molecule is COc1ccccc1CCC(=O)N1CCOc2c(cc(-c3nc4ccccc4s3)cc2OC)C1. The highest BCUT2D eigenvalue weighted by molar-refractivity contribution is 7.21. The van der Waals surface area contributed by atoms with Crippen molar-refractivity contribution in [3.8, 4) is 27.8 Å². The maximum atomic E-state index is 13.1. The number of benzene rings is 3. The Bertz CT molecular complexity index is 1300. The van der Waals surface area contributed by atoms with Crippen molar-refractivity contribution in [1.82, 2.24) is 9.88 Å². The minimum absolute atomic E-state index is 0.0895. The van der Waals surface area contributed by atoms with Gasteiger partial charge >= 0.3 is 0 Å². The third-order valence-electron chi connectivity index (χ3n) is 6.01. The molecule has 0 radical (unpaired) electrons. The zero-order valence-electron chi connectivity index (χ0n) is 19.2. The highest BCUT2D eigenvalue weighted by atomic mass is 32.1. The van der Waals surface area contributed by atoms with Crippen LogP contribution in [0.4, 0.5) is 0 Å². The molecule has 0 bridgehead atoms. The second-order valence-corrected chi connectivity index (χ2v) is 9.16. The lowest BCUT2D eigenvalue weighted by Crippen LogP contribution is -2.32. The Morgan fingerprint density at radius 1 is 1.06 bits per heavy atom. The Hall–Kier alpha value is -3.58. The van der Waals surface area contributed by atoms with Gasteiger partial charge in [-0.3, -0.25) is 4.79 Å². The summed E-state index contributed by atoms with van der Waals surface area (Å²) >= 11 is 1.64. The molecule has 174 valence electrons. The topological polar surface area (TPSA) is 60.9 Å². The van der Waals surface area contributed by atoms with Gasteiger partial charge in [-0.1, -0.05) is 30.3 Å². The van der Waals surface area contributed by atoms with E-state index in [9.17, 15) is 4.79 Å². The van der Waals surface area contributed by atoms with Crippen molar-refractivity contribution < 1.29 is 19.0 Å². The van der Waals surface area contributed by atoms with E-state index in [1.807, 2.05) is 53.4 Å². The fourth-order valence-corrected chi connectivity index (χ4v) is 5.23. The van der Waals surface area contributed by atoms with Gasteiger partial charge in [-0.2, -0.15) is 0 Å². The summed E-state index contributed by atoms with van der Waals surface area (Å²) < 4.78 is 18.3. The largest absolute Gasteiger partial charge is 0.496 e. The number of fused-ring (bicyclic) bond motifs is 2. The summed E-state index contributed by atoms with van der Waals surface area (Å²) in [7, 11) is 3.29. The number of nitrogens with zero attached hydrogens (tertiary/aromatic N) is 2. The molecule has 0 aliphatic carbocycles. The molecule has 2 heterocycles. The molecule has 0 saturated heterocycles. The van der Waals surface area contributed by atoms with E-state index in [1.165, 1.54) is 0 Å². The molecule has 0 spiro atoms. The van der Waals surface area contributed by atoms with Gasteiger partial charge in [-0.25, -0.2) is 4.98 Å². The summed E-state index contributed by atoms with van der Waals surface area (Å²) in [6.07, 6.45) is 1.03. The molecule has 0 fully saturated rings. The summed E-state index contributed by atoms with van der Waals surface area (Å²) in [5.41, 5.74) is 3.89. The van der Waals surface area contributed by atoms with Crippen LogP contribution in [0.2, 0.25) is 0 Å². The van der Waals surface area contributed by atoms with E-state index < -0.39 is 0 Å². The minimum atomic E-state index is 0.0895. The summed E-state index contributed by atoms with van der Waals surface area (Å²) in [5.74, 6) is 2.26. The molecule has 0 atom stereocenters. The van der Waals surface area contributed by atoms with E-state index in [-0.39, 0.29) is 5.91 Å². The van der Waals surface area contributed by atoms with Gasteiger partial charge in [0, 0.05) is 24.1 Å². The smallest absolute Gasteiger partial charge is 0.223 e. The van der Waals surface area contributed by atoms with Crippen LogP contribution in [0.25, 0.3) is 20.8 Å². The molecule has 1 aliphatic rings. The Balaban J connectivity index is 1.40. The minimum Gasteiger partial charge on any atom is -0.496 e. The molecular weight excluding hydrogens is 448 g/mol. The number of methoxy groups -OCH3 is 2. The number of thiazole rings is 1. The summed E-state index contributed by atoms with van der Waals surface area (Å²) in [6, 6.07) is 20.0. The van der Waals surface area contributed by atoms with E-state index in [2.05, 4.69) is 12.1 Å². The van der Waals surface area contributed by atoms with Crippen LogP contribution < -0.4 is 14.2 Å². The van der Waals surface area contributed by atoms with E-state index in [1.54, 1.807) is 25.6 Å². The number of carbonyl (C=O) groups excluding carboxylic acids is 1. The Kier molecular flexibility index (Phi) is 6.36. The molecule has 0 N–H and O–H groups in total. The zero-order chi connectivity index (χ0) is 23.5. The van der Waals surface area contributed by atoms with Crippen molar-refractivity contribution in [3.05, 3.63) is 71.8 Å². The highest BCUT2D eigenvalue weighted by Gasteiger charge is 2.24. The fourth-order valence-electron chi connectivity index (χ4n) is 4.28. The number of hydrogen-bond acceptors (Lipinski definition) is 6. The van der Waals surface area contributed by atoms with Gasteiger partial charge in [0.25, 0.3) is 0 Å². The van der Waals surface area contributed by atoms with Crippen molar-refractivity contribution in [2.24, 2.45) is 0 Å². The second-order valence-electron chi connectivity index (χ2n) is 8.13. The fraction of sp³-hybridized carbons (Fsp3) is 0.259. The summed E-state index contributed by atoms with van der Waals surface area (Å²) in [6.45, 7) is 1.42. The number of aryl methyl sites for hydroxylation is 1. The Morgan fingerprint density at radius 2 is 1.85 bits per heavy atom. The Labute approximate surface area is 202 Å². The van der Waals surface area contributed by atoms with Gasteiger partial charge in [-0.05, 0) is 42.3 Å². The molecule has 1 aliphatic heterocycles. The van der Waals surface area contributed by atoms with Gasteiger partial charge in [0.1, 0.15) is 17.4 Å². The van der Waals surface area contributed by atoms with E-state index in [0.717, 1.165) is 37.7 Å². The van der Waals surface area contributed by atoms with Crippen molar-refractivity contribution in [2.45, 2.75) is 19.4 Å². The van der Waals surface area contributed by atoms with Crippen LogP contribution in [0.5, 0.6) is 17.2 Å². The third kappa shape index (κ3) is 4.43. The van der Waals surface area contributed by atoms with Crippen LogP contribution >= 0.6 is 11.3 Å². The van der Waals surface area contributed by atoms with E-state index >= 15 is 0 Å². The number of aromatic nitrogens is 1. The van der Waals surface area contributed by atoms with Gasteiger partial charge in [0.05, 0.1) is 31.0 Å². The first kappa shape index (κ1) is 22.2. The molecule has 0 unspecified atom stereocenters. The first-order valence-electron chi connectivity index (χ1n) is 11.3. The number of ether oxygens (including phenoxy) is 3. The predicted molar refractivity (Wildman–Crippen MR) is 134 cm³/mol. The van der Waals surface area contributed by atoms with Gasteiger partial charge < -0.3 is 19.1 Å². The van der Waals surface area contributed by atoms with E-state index in [4.69, 9.17) is 19.2 Å². The lowest BCUT2D eigenvalue weighted by molar-refractivity contribution is -0.131. The normalized spacial score (nSPS) is 13.2. The molecule has 6 nitrogen and oxygen atoms in total. The molecule has 3 aromatic carbocycles. The average molecular weight is 475 g/mol.